The van der Waals surface area contributed by atoms with E-state index in [-0.39, 0.29) is 5.91 Å². The third-order valence-corrected chi connectivity index (χ3v) is 2.95. The molecule has 0 aromatic carbocycles. The summed E-state index contributed by atoms with van der Waals surface area (Å²) in [7, 11) is 1.45. The molecule has 0 aliphatic carbocycles. The van der Waals surface area contributed by atoms with Gasteiger partial charge in [0.05, 0.1) is 12.2 Å². The Balaban J connectivity index is 2.75. The maximum absolute atomic E-state index is 11.6. The summed E-state index contributed by atoms with van der Waals surface area (Å²) in [6.45, 7) is 3.67. The molecule has 1 atom stereocenters. The first kappa shape index (κ1) is 13.7. The van der Waals surface area contributed by atoms with E-state index in [1.807, 2.05) is 0 Å². The van der Waals surface area contributed by atoms with E-state index in [0.29, 0.717) is 17.2 Å². The van der Waals surface area contributed by atoms with E-state index >= 15 is 0 Å². The Kier molecular flexibility index (Phi) is 5.11. The minimum Gasteiger partial charge on any atom is -0.462 e. The van der Waals surface area contributed by atoms with E-state index in [0.717, 1.165) is 0 Å². The van der Waals surface area contributed by atoms with Gasteiger partial charge in [-0.1, -0.05) is 0 Å². The molecule has 1 amide bonds. The second-order valence-electron chi connectivity index (χ2n) is 3.25. The number of rotatable bonds is 5. The smallest absolute Gasteiger partial charge is 0.341 e. The number of amides is 1. The van der Waals surface area contributed by atoms with E-state index < -0.39 is 12.1 Å². The zero-order chi connectivity index (χ0) is 12.8. The molecule has 0 aliphatic heterocycles. The van der Waals surface area contributed by atoms with Crippen molar-refractivity contribution in [1.82, 2.24) is 0 Å². The monoisotopic (exact) mass is 257 g/mol. The van der Waals surface area contributed by atoms with Crippen LogP contribution in [0.1, 0.15) is 24.2 Å². The number of carbonyl (C=O) groups is 2. The number of nitrogens with one attached hydrogen (secondary N) is 1. The molecule has 94 valence electrons. The van der Waals surface area contributed by atoms with E-state index in [2.05, 4.69) is 5.32 Å². The number of ether oxygens (including phenoxy) is 2. The molecular weight excluding hydrogens is 242 g/mol. The lowest BCUT2D eigenvalue weighted by atomic mass is 10.3. The molecule has 1 aromatic rings. The highest BCUT2D eigenvalue weighted by Crippen LogP contribution is 2.24. The average molecular weight is 257 g/mol. The molecule has 1 rings (SSSR count). The van der Waals surface area contributed by atoms with Crippen LogP contribution in [0.4, 0.5) is 5.00 Å². The van der Waals surface area contributed by atoms with E-state index in [9.17, 15) is 9.59 Å². The summed E-state index contributed by atoms with van der Waals surface area (Å²) in [6, 6.07) is 1.62. The van der Waals surface area contributed by atoms with Gasteiger partial charge in [0, 0.05) is 7.11 Å². The molecule has 1 unspecified atom stereocenters. The van der Waals surface area contributed by atoms with Gasteiger partial charge in [-0.2, -0.15) is 0 Å². The zero-order valence-corrected chi connectivity index (χ0v) is 10.8. The largest absolute Gasteiger partial charge is 0.462 e. The molecule has 0 saturated carbocycles. The Hall–Kier alpha value is -1.40. The summed E-state index contributed by atoms with van der Waals surface area (Å²) in [4.78, 5) is 23.1. The highest BCUT2D eigenvalue weighted by atomic mass is 32.1. The van der Waals surface area contributed by atoms with Crippen LogP contribution in [0.2, 0.25) is 0 Å². The Morgan fingerprint density at radius 1 is 1.53 bits per heavy atom. The summed E-state index contributed by atoms with van der Waals surface area (Å²) >= 11 is 1.27. The predicted molar refractivity (Wildman–Crippen MR) is 65.4 cm³/mol. The summed E-state index contributed by atoms with van der Waals surface area (Å²) in [6.07, 6.45) is -0.563. The van der Waals surface area contributed by atoms with Crippen molar-refractivity contribution in [1.29, 1.82) is 0 Å². The number of methoxy groups -OCH3 is 1. The first-order valence-corrected chi connectivity index (χ1v) is 6.06. The molecule has 6 heteroatoms. The van der Waals surface area contributed by atoms with Crippen molar-refractivity contribution in [2.75, 3.05) is 19.0 Å². The molecule has 17 heavy (non-hydrogen) atoms. The van der Waals surface area contributed by atoms with Crippen molar-refractivity contribution >= 4 is 28.2 Å². The van der Waals surface area contributed by atoms with E-state index in [1.54, 1.807) is 25.3 Å². The van der Waals surface area contributed by atoms with Crippen molar-refractivity contribution < 1.29 is 19.1 Å². The molecule has 1 N–H and O–H groups in total. The maximum atomic E-state index is 11.6. The standard InChI is InChI=1S/C11H15NO4S/c1-4-16-11(14)8-5-6-17-10(8)12-9(13)7(2)15-3/h5-7H,4H2,1-3H3,(H,12,13). The van der Waals surface area contributed by atoms with E-state index in [4.69, 9.17) is 9.47 Å². The lowest BCUT2D eigenvalue weighted by Crippen LogP contribution is -2.26. The van der Waals surface area contributed by atoms with Gasteiger partial charge in [-0.15, -0.1) is 11.3 Å². The van der Waals surface area contributed by atoms with Crippen molar-refractivity contribution in [3.05, 3.63) is 17.0 Å². The molecule has 0 aliphatic rings. The van der Waals surface area contributed by atoms with Gasteiger partial charge >= 0.3 is 5.97 Å². The van der Waals surface area contributed by atoms with Crippen molar-refractivity contribution in [3.8, 4) is 0 Å². The Morgan fingerprint density at radius 2 is 2.24 bits per heavy atom. The van der Waals surface area contributed by atoms with Gasteiger partial charge in [-0.05, 0) is 25.3 Å². The maximum Gasteiger partial charge on any atom is 0.341 e. The fourth-order valence-electron chi connectivity index (χ4n) is 1.10. The van der Waals surface area contributed by atoms with Crippen LogP contribution < -0.4 is 5.32 Å². The fraction of sp³-hybridized carbons (Fsp3) is 0.455. The SMILES string of the molecule is CCOC(=O)c1ccsc1NC(=O)C(C)OC. The lowest BCUT2D eigenvalue weighted by Gasteiger charge is -2.10. The topological polar surface area (TPSA) is 64.6 Å². The van der Waals surface area contributed by atoms with Crippen molar-refractivity contribution in [2.24, 2.45) is 0 Å². The molecule has 1 heterocycles. The quantitative estimate of drug-likeness (QED) is 0.818. The van der Waals surface area contributed by atoms with Crippen LogP contribution in [0.3, 0.4) is 0 Å². The molecular formula is C11H15NO4S. The second-order valence-corrected chi connectivity index (χ2v) is 4.17. The van der Waals surface area contributed by atoms with Crippen molar-refractivity contribution in [3.63, 3.8) is 0 Å². The first-order valence-electron chi connectivity index (χ1n) is 5.18. The Labute approximate surface area is 104 Å². The lowest BCUT2D eigenvalue weighted by molar-refractivity contribution is -0.124. The number of hydrogen-bond acceptors (Lipinski definition) is 5. The normalized spacial score (nSPS) is 11.9. The fourth-order valence-corrected chi connectivity index (χ4v) is 1.87. The number of anilines is 1. The Morgan fingerprint density at radius 3 is 2.82 bits per heavy atom. The third kappa shape index (κ3) is 3.54. The summed E-state index contributed by atoms with van der Waals surface area (Å²) in [5.41, 5.74) is 0.369. The third-order valence-electron chi connectivity index (χ3n) is 2.12. The van der Waals surface area contributed by atoms with Crippen LogP contribution >= 0.6 is 11.3 Å². The minimum absolute atomic E-state index is 0.291. The van der Waals surface area contributed by atoms with Crippen LogP contribution in [0, 0.1) is 0 Å². The highest BCUT2D eigenvalue weighted by Gasteiger charge is 2.18. The highest BCUT2D eigenvalue weighted by molar-refractivity contribution is 7.14. The van der Waals surface area contributed by atoms with Crippen LogP contribution in [0.25, 0.3) is 0 Å². The van der Waals surface area contributed by atoms with Gasteiger partial charge in [-0.3, -0.25) is 4.79 Å². The number of esters is 1. The molecule has 0 bridgehead atoms. The summed E-state index contributed by atoms with van der Waals surface area (Å²) in [5.74, 6) is -0.727. The molecule has 5 nitrogen and oxygen atoms in total. The second kappa shape index (κ2) is 6.36. The van der Waals surface area contributed by atoms with Crippen LogP contribution in [0.5, 0.6) is 0 Å². The molecule has 0 saturated heterocycles. The molecule has 1 aromatic heterocycles. The summed E-state index contributed by atoms with van der Waals surface area (Å²) in [5, 5.41) is 4.84. The number of carbonyl (C=O) groups excluding carboxylic acids is 2. The minimum atomic E-state index is -0.563. The first-order chi connectivity index (χ1) is 8.10. The molecule has 0 fully saturated rings. The number of thiophene rings is 1. The van der Waals surface area contributed by atoms with Gasteiger partial charge in [-0.25, -0.2) is 4.79 Å². The van der Waals surface area contributed by atoms with Crippen LogP contribution in [-0.4, -0.2) is 31.7 Å². The van der Waals surface area contributed by atoms with Crippen LogP contribution in [0.15, 0.2) is 11.4 Å². The summed E-state index contributed by atoms with van der Waals surface area (Å²) < 4.78 is 9.77. The van der Waals surface area contributed by atoms with Crippen molar-refractivity contribution in [2.45, 2.75) is 20.0 Å². The van der Waals surface area contributed by atoms with Gasteiger partial charge < -0.3 is 14.8 Å². The van der Waals surface area contributed by atoms with E-state index in [1.165, 1.54) is 18.4 Å². The average Bonchev–Trinajstić information content (AvgIpc) is 2.76. The molecule has 0 spiro atoms. The molecule has 0 radical (unpaired) electrons. The van der Waals surface area contributed by atoms with Gasteiger partial charge in [0.25, 0.3) is 5.91 Å². The zero-order valence-electron chi connectivity index (χ0n) is 9.98. The van der Waals surface area contributed by atoms with Gasteiger partial charge in [0.2, 0.25) is 0 Å². The predicted octanol–water partition coefficient (Wildman–Crippen LogP) is 1.90. The van der Waals surface area contributed by atoms with Crippen LogP contribution in [-0.2, 0) is 14.3 Å². The number of hydrogen-bond donors (Lipinski definition) is 1. The van der Waals surface area contributed by atoms with Gasteiger partial charge in [0.1, 0.15) is 11.1 Å². The van der Waals surface area contributed by atoms with Gasteiger partial charge in [0.15, 0.2) is 0 Å². The Bertz CT molecular complexity index is 402.